The zero-order chi connectivity index (χ0) is 12.1. The summed E-state index contributed by atoms with van der Waals surface area (Å²) in [5.74, 6) is 0.956. The van der Waals surface area contributed by atoms with E-state index in [0.29, 0.717) is 13.0 Å². The molecule has 0 saturated carbocycles. The van der Waals surface area contributed by atoms with Gasteiger partial charge in [0.05, 0.1) is 6.10 Å². The zero-order valence-corrected chi connectivity index (χ0v) is 10.5. The summed E-state index contributed by atoms with van der Waals surface area (Å²) in [7, 11) is 0. The molecule has 2 fully saturated rings. The van der Waals surface area contributed by atoms with Crippen molar-refractivity contribution in [2.45, 2.75) is 44.6 Å². The molecular formula is C13H24N2O2. The van der Waals surface area contributed by atoms with Crippen LogP contribution in [0.5, 0.6) is 0 Å². The summed E-state index contributed by atoms with van der Waals surface area (Å²) in [6, 6.07) is 0. The van der Waals surface area contributed by atoms with Crippen molar-refractivity contribution in [1.29, 1.82) is 0 Å². The van der Waals surface area contributed by atoms with Gasteiger partial charge in [-0.3, -0.25) is 4.79 Å². The Morgan fingerprint density at radius 2 is 2.06 bits per heavy atom. The van der Waals surface area contributed by atoms with Gasteiger partial charge >= 0.3 is 0 Å². The smallest absolute Gasteiger partial charge is 0.222 e. The van der Waals surface area contributed by atoms with Crippen LogP contribution in [-0.4, -0.2) is 48.2 Å². The van der Waals surface area contributed by atoms with E-state index in [9.17, 15) is 9.90 Å². The lowest BCUT2D eigenvalue weighted by atomic mass is 9.93. The van der Waals surface area contributed by atoms with Gasteiger partial charge in [0.15, 0.2) is 0 Å². The normalized spacial score (nSPS) is 27.1. The summed E-state index contributed by atoms with van der Waals surface area (Å²) >= 11 is 0. The molecule has 0 aromatic heterocycles. The number of rotatable bonds is 3. The van der Waals surface area contributed by atoms with Gasteiger partial charge in [-0.05, 0) is 51.1 Å². The van der Waals surface area contributed by atoms with Crippen molar-refractivity contribution >= 4 is 5.91 Å². The molecule has 0 unspecified atom stereocenters. The lowest BCUT2D eigenvalue weighted by Gasteiger charge is -2.31. The number of carbonyl (C=O) groups is 1. The SMILES string of the molecule is O=C(CCC1CCNCC1)N1CCC[C@H](O)C1. The Labute approximate surface area is 103 Å². The molecule has 2 aliphatic heterocycles. The van der Waals surface area contributed by atoms with Gasteiger partial charge in [0.25, 0.3) is 0 Å². The number of β-amino-alcohol motifs (C(OH)–C–C–N with tert-alkyl or cyclic N) is 1. The fourth-order valence-electron chi connectivity index (χ4n) is 2.84. The van der Waals surface area contributed by atoms with Crippen LogP contribution in [0, 0.1) is 5.92 Å². The Morgan fingerprint density at radius 1 is 1.29 bits per heavy atom. The van der Waals surface area contributed by atoms with Crippen LogP contribution >= 0.6 is 0 Å². The van der Waals surface area contributed by atoms with Crippen molar-refractivity contribution in [3.8, 4) is 0 Å². The van der Waals surface area contributed by atoms with Crippen LogP contribution < -0.4 is 5.32 Å². The topological polar surface area (TPSA) is 52.6 Å². The van der Waals surface area contributed by atoms with E-state index < -0.39 is 0 Å². The van der Waals surface area contributed by atoms with Crippen molar-refractivity contribution in [3.05, 3.63) is 0 Å². The Hall–Kier alpha value is -0.610. The first-order chi connectivity index (χ1) is 8.25. The van der Waals surface area contributed by atoms with Gasteiger partial charge < -0.3 is 15.3 Å². The summed E-state index contributed by atoms with van der Waals surface area (Å²) in [6.07, 6.45) is 5.58. The maximum atomic E-state index is 12.0. The quantitative estimate of drug-likeness (QED) is 0.765. The second-order valence-corrected chi connectivity index (χ2v) is 5.37. The monoisotopic (exact) mass is 240 g/mol. The minimum atomic E-state index is -0.299. The van der Waals surface area contributed by atoms with E-state index >= 15 is 0 Å². The number of piperidine rings is 2. The minimum Gasteiger partial charge on any atom is -0.391 e. The number of nitrogens with zero attached hydrogens (tertiary/aromatic N) is 1. The van der Waals surface area contributed by atoms with Crippen LogP contribution in [0.4, 0.5) is 0 Å². The third-order valence-corrected chi connectivity index (χ3v) is 3.97. The molecule has 1 atom stereocenters. The number of aliphatic hydroxyl groups is 1. The van der Waals surface area contributed by atoms with Crippen molar-refractivity contribution in [1.82, 2.24) is 10.2 Å². The number of carbonyl (C=O) groups excluding carboxylic acids is 1. The zero-order valence-electron chi connectivity index (χ0n) is 10.5. The molecule has 1 amide bonds. The van der Waals surface area contributed by atoms with E-state index in [2.05, 4.69) is 5.32 Å². The van der Waals surface area contributed by atoms with Gasteiger partial charge in [0, 0.05) is 19.5 Å². The van der Waals surface area contributed by atoms with Gasteiger partial charge in [-0.25, -0.2) is 0 Å². The van der Waals surface area contributed by atoms with Crippen molar-refractivity contribution < 1.29 is 9.90 Å². The van der Waals surface area contributed by atoms with Crippen LogP contribution in [-0.2, 0) is 4.79 Å². The van der Waals surface area contributed by atoms with Gasteiger partial charge in [-0.1, -0.05) is 0 Å². The van der Waals surface area contributed by atoms with E-state index in [1.54, 1.807) is 0 Å². The highest BCUT2D eigenvalue weighted by Crippen LogP contribution is 2.19. The number of nitrogens with one attached hydrogen (secondary N) is 1. The molecule has 2 N–H and O–H groups in total. The molecule has 0 aromatic rings. The van der Waals surface area contributed by atoms with Crippen molar-refractivity contribution in [3.63, 3.8) is 0 Å². The second-order valence-electron chi connectivity index (χ2n) is 5.37. The van der Waals surface area contributed by atoms with Gasteiger partial charge in [-0.2, -0.15) is 0 Å². The molecular weight excluding hydrogens is 216 g/mol. The van der Waals surface area contributed by atoms with Crippen LogP contribution in [0.25, 0.3) is 0 Å². The molecule has 0 aliphatic carbocycles. The van der Waals surface area contributed by atoms with Crippen LogP contribution in [0.3, 0.4) is 0 Å². The van der Waals surface area contributed by atoms with Crippen LogP contribution in [0.2, 0.25) is 0 Å². The van der Waals surface area contributed by atoms with Gasteiger partial charge in [0.2, 0.25) is 5.91 Å². The molecule has 0 radical (unpaired) electrons. The first-order valence-corrected chi connectivity index (χ1v) is 6.92. The highest BCUT2D eigenvalue weighted by atomic mass is 16.3. The average Bonchev–Trinajstić information content (AvgIpc) is 2.37. The first kappa shape index (κ1) is 12.8. The summed E-state index contributed by atoms with van der Waals surface area (Å²) in [5.41, 5.74) is 0. The molecule has 17 heavy (non-hydrogen) atoms. The van der Waals surface area contributed by atoms with E-state index in [1.165, 1.54) is 12.8 Å². The lowest BCUT2D eigenvalue weighted by Crippen LogP contribution is -2.42. The highest BCUT2D eigenvalue weighted by Gasteiger charge is 2.22. The Kier molecular flexibility index (Phi) is 4.80. The molecule has 4 nitrogen and oxygen atoms in total. The molecule has 4 heteroatoms. The fourth-order valence-corrected chi connectivity index (χ4v) is 2.84. The van der Waals surface area contributed by atoms with Crippen LogP contribution in [0.15, 0.2) is 0 Å². The Balaban J connectivity index is 1.69. The van der Waals surface area contributed by atoms with Gasteiger partial charge in [0.1, 0.15) is 0 Å². The second kappa shape index (κ2) is 6.36. The molecule has 2 saturated heterocycles. The Morgan fingerprint density at radius 3 is 2.76 bits per heavy atom. The number of hydrogen-bond donors (Lipinski definition) is 2. The summed E-state index contributed by atoms with van der Waals surface area (Å²) < 4.78 is 0. The standard InChI is InChI=1S/C13H24N2O2/c16-12-2-1-9-15(10-12)13(17)4-3-11-5-7-14-8-6-11/h11-12,14,16H,1-10H2/t12-/m0/s1. The van der Waals surface area contributed by atoms with E-state index in [1.807, 2.05) is 4.90 Å². The minimum absolute atomic E-state index is 0.238. The van der Waals surface area contributed by atoms with E-state index in [4.69, 9.17) is 0 Å². The highest BCUT2D eigenvalue weighted by molar-refractivity contribution is 5.76. The summed E-state index contributed by atoms with van der Waals surface area (Å²) in [6.45, 7) is 3.58. The summed E-state index contributed by atoms with van der Waals surface area (Å²) in [5, 5.41) is 12.9. The lowest BCUT2D eigenvalue weighted by molar-refractivity contribution is -0.134. The predicted octanol–water partition coefficient (Wildman–Crippen LogP) is 0.749. The van der Waals surface area contributed by atoms with Gasteiger partial charge in [-0.15, -0.1) is 0 Å². The molecule has 98 valence electrons. The molecule has 0 aromatic carbocycles. The van der Waals surface area contributed by atoms with E-state index in [0.717, 1.165) is 44.8 Å². The molecule has 2 heterocycles. The average molecular weight is 240 g/mol. The molecule has 2 rings (SSSR count). The Bertz CT molecular complexity index is 252. The van der Waals surface area contributed by atoms with E-state index in [-0.39, 0.29) is 12.0 Å². The van der Waals surface area contributed by atoms with Crippen LogP contribution in [0.1, 0.15) is 38.5 Å². The number of hydrogen-bond acceptors (Lipinski definition) is 3. The van der Waals surface area contributed by atoms with Crippen molar-refractivity contribution in [2.24, 2.45) is 5.92 Å². The molecule has 0 spiro atoms. The number of aliphatic hydroxyl groups excluding tert-OH is 1. The third kappa shape index (κ3) is 3.96. The predicted molar refractivity (Wildman–Crippen MR) is 66.6 cm³/mol. The number of amides is 1. The van der Waals surface area contributed by atoms with Crippen molar-refractivity contribution in [2.75, 3.05) is 26.2 Å². The third-order valence-electron chi connectivity index (χ3n) is 3.97. The molecule has 2 aliphatic rings. The fraction of sp³-hybridized carbons (Fsp3) is 0.923. The first-order valence-electron chi connectivity index (χ1n) is 6.92. The number of likely N-dealkylation sites (tertiary alicyclic amines) is 1. The summed E-state index contributed by atoms with van der Waals surface area (Å²) in [4.78, 5) is 13.8. The maximum absolute atomic E-state index is 12.0. The largest absolute Gasteiger partial charge is 0.391 e. The molecule has 0 bridgehead atoms. The maximum Gasteiger partial charge on any atom is 0.222 e.